The molecule has 146 valence electrons. The molecule has 27 heavy (non-hydrogen) atoms. The van der Waals surface area contributed by atoms with E-state index in [0.29, 0.717) is 5.69 Å². The number of hydrogen-bond acceptors (Lipinski definition) is 3. The molecule has 0 aliphatic carbocycles. The molecular weight excluding hydrogens is 407 g/mol. The lowest BCUT2D eigenvalue weighted by atomic mass is 10.1. The van der Waals surface area contributed by atoms with Gasteiger partial charge in [0.25, 0.3) is 0 Å². The molecule has 0 aromatic heterocycles. The van der Waals surface area contributed by atoms with E-state index < -0.39 is 22.0 Å². The fourth-order valence-corrected chi connectivity index (χ4v) is 4.38. The first kappa shape index (κ1) is 21.7. The summed E-state index contributed by atoms with van der Waals surface area (Å²) in [5.74, 6) is -0.474. The van der Waals surface area contributed by atoms with Crippen LogP contribution in [-0.4, -0.2) is 20.4 Å². The molecule has 0 bridgehead atoms. The molecule has 0 fully saturated rings. The van der Waals surface area contributed by atoms with Gasteiger partial charge in [0, 0.05) is 10.7 Å². The second-order valence-electron chi connectivity index (χ2n) is 6.21. The van der Waals surface area contributed by atoms with E-state index in [1.807, 2.05) is 12.1 Å². The van der Waals surface area contributed by atoms with Crippen molar-refractivity contribution in [2.24, 2.45) is 0 Å². The van der Waals surface area contributed by atoms with Crippen molar-refractivity contribution in [1.29, 1.82) is 0 Å². The smallest absolute Gasteiger partial charge is 0.242 e. The lowest BCUT2D eigenvalue weighted by molar-refractivity contribution is -0.117. The van der Waals surface area contributed by atoms with Gasteiger partial charge in [0.05, 0.1) is 11.1 Å². The summed E-state index contributed by atoms with van der Waals surface area (Å²) >= 11 is 11.8. The largest absolute Gasteiger partial charge is 0.325 e. The molecule has 1 atom stereocenters. The number of nitrogens with one attached hydrogen (secondary N) is 2. The zero-order valence-corrected chi connectivity index (χ0v) is 17.5. The average Bonchev–Trinajstić information content (AvgIpc) is 2.62. The molecule has 2 aromatic rings. The maximum absolute atomic E-state index is 12.5. The van der Waals surface area contributed by atoms with Crippen LogP contribution in [0.2, 0.25) is 10.0 Å². The molecule has 2 rings (SSSR count). The summed E-state index contributed by atoms with van der Waals surface area (Å²) < 4.78 is 27.3. The molecule has 0 saturated carbocycles. The van der Waals surface area contributed by atoms with Crippen molar-refractivity contribution in [1.82, 2.24) is 4.72 Å². The molecule has 0 saturated heterocycles. The normalized spacial score (nSPS) is 12.6. The minimum absolute atomic E-state index is 0.0298. The summed E-state index contributed by atoms with van der Waals surface area (Å²) in [5.41, 5.74) is 1.80. The summed E-state index contributed by atoms with van der Waals surface area (Å²) in [6, 6.07) is 10.6. The number of benzene rings is 2. The van der Waals surface area contributed by atoms with Gasteiger partial charge >= 0.3 is 0 Å². The van der Waals surface area contributed by atoms with E-state index in [0.717, 1.165) is 19.3 Å². The lowest BCUT2D eigenvalue weighted by Crippen LogP contribution is -2.41. The molecule has 8 heteroatoms. The van der Waals surface area contributed by atoms with Gasteiger partial charge in [-0.3, -0.25) is 4.79 Å². The summed E-state index contributed by atoms with van der Waals surface area (Å²) in [4.78, 5) is 12.2. The SMILES string of the molecule is CCCCc1ccc(NC(=O)C(C)NS(=O)(=O)c2cc(Cl)ccc2Cl)cc1. The van der Waals surface area contributed by atoms with Gasteiger partial charge in [-0.25, -0.2) is 8.42 Å². The molecule has 0 aliphatic heterocycles. The van der Waals surface area contributed by atoms with Crippen LogP contribution in [0, 0.1) is 0 Å². The van der Waals surface area contributed by atoms with Crippen LogP contribution < -0.4 is 10.0 Å². The topological polar surface area (TPSA) is 75.3 Å². The number of rotatable bonds is 8. The van der Waals surface area contributed by atoms with Gasteiger partial charge in [-0.15, -0.1) is 0 Å². The molecule has 5 nitrogen and oxygen atoms in total. The van der Waals surface area contributed by atoms with Crippen LogP contribution in [-0.2, 0) is 21.2 Å². The first-order chi connectivity index (χ1) is 12.7. The molecule has 2 N–H and O–H groups in total. The van der Waals surface area contributed by atoms with Crippen molar-refractivity contribution < 1.29 is 13.2 Å². The first-order valence-electron chi connectivity index (χ1n) is 8.60. The van der Waals surface area contributed by atoms with Crippen molar-refractivity contribution >= 4 is 44.8 Å². The molecule has 0 aliphatic rings. The lowest BCUT2D eigenvalue weighted by Gasteiger charge is -2.15. The van der Waals surface area contributed by atoms with Crippen LogP contribution in [0.4, 0.5) is 5.69 Å². The van der Waals surface area contributed by atoms with Crippen LogP contribution in [0.1, 0.15) is 32.3 Å². The van der Waals surface area contributed by atoms with E-state index >= 15 is 0 Å². The molecular formula is C19H22Cl2N2O3S. The highest BCUT2D eigenvalue weighted by atomic mass is 35.5. The van der Waals surface area contributed by atoms with Crippen molar-refractivity contribution in [3.8, 4) is 0 Å². The Kier molecular flexibility index (Phi) is 7.68. The van der Waals surface area contributed by atoms with E-state index in [4.69, 9.17) is 23.2 Å². The second kappa shape index (κ2) is 9.55. The number of sulfonamides is 1. The zero-order valence-electron chi connectivity index (χ0n) is 15.1. The third-order valence-corrected chi connectivity index (χ3v) is 6.21. The monoisotopic (exact) mass is 428 g/mol. The van der Waals surface area contributed by atoms with Gasteiger partial charge in [-0.2, -0.15) is 4.72 Å². The Morgan fingerprint density at radius 2 is 1.78 bits per heavy atom. The number of hydrogen-bond donors (Lipinski definition) is 2. The Morgan fingerprint density at radius 3 is 2.41 bits per heavy atom. The summed E-state index contributed by atoms with van der Waals surface area (Å²) in [7, 11) is -3.99. The van der Waals surface area contributed by atoms with Gasteiger partial charge in [0.2, 0.25) is 15.9 Å². The van der Waals surface area contributed by atoms with Gasteiger partial charge in [-0.05, 0) is 55.7 Å². The Hall–Kier alpha value is -1.60. The number of unbranched alkanes of at least 4 members (excludes halogenated alkanes) is 1. The quantitative estimate of drug-likeness (QED) is 0.642. The Bertz CT molecular complexity index is 900. The summed E-state index contributed by atoms with van der Waals surface area (Å²) in [6.45, 7) is 3.59. The summed E-state index contributed by atoms with van der Waals surface area (Å²) in [6.07, 6.45) is 3.21. The number of carbonyl (C=O) groups is 1. The second-order valence-corrected chi connectivity index (χ2v) is 8.73. The Labute approximate surface area is 170 Å². The maximum atomic E-state index is 12.5. The molecule has 1 unspecified atom stereocenters. The van der Waals surface area contributed by atoms with Crippen LogP contribution in [0.15, 0.2) is 47.4 Å². The van der Waals surface area contributed by atoms with E-state index in [2.05, 4.69) is 17.0 Å². The maximum Gasteiger partial charge on any atom is 0.242 e. The summed E-state index contributed by atoms with van der Waals surface area (Å²) in [5, 5.41) is 2.97. The fraction of sp³-hybridized carbons (Fsp3) is 0.316. The Morgan fingerprint density at radius 1 is 1.11 bits per heavy atom. The van der Waals surface area contributed by atoms with E-state index in [1.54, 1.807) is 12.1 Å². The number of carbonyl (C=O) groups excluding carboxylic acids is 1. The van der Waals surface area contributed by atoms with Crippen LogP contribution in [0.3, 0.4) is 0 Å². The van der Waals surface area contributed by atoms with E-state index in [9.17, 15) is 13.2 Å². The van der Waals surface area contributed by atoms with Crippen molar-refractivity contribution in [3.05, 3.63) is 58.1 Å². The van der Waals surface area contributed by atoms with Crippen molar-refractivity contribution in [2.75, 3.05) is 5.32 Å². The Balaban J connectivity index is 2.03. The van der Waals surface area contributed by atoms with Crippen molar-refractivity contribution in [3.63, 3.8) is 0 Å². The van der Waals surface area contributed by atoms with E-state index in [-0.39, 0.29) is 14.9 Å². The highest BCUT2D eigenvalue weighted by Gasteiger charge is 2.24. The minimum Gasteiger partial charge on any atom is -0.325 e. The molecule has 0 spiro atoms. The van der Waals surface area contributed by atoms with Gasteiger partial charge in [-0.1, -0.05) is 48.7 Å². The number of amides is 1. The highest BCUT2D eigenvalue weighted by molar-refractivity contribution is 7.89. The predicted molar refractivity (Wildman–Crippen MR) is 110 cm³/mol. The van der Waals surface area contributed by atoms with Gasteiger partial charge in [0.1, 0.15) is 4.90 Å². The third kappa shape index (κ3) is 6.21. The molecule has 2 aromatic carbocycles. The minimum atomic E-state index is -3.99. The fourth-order valence-electron chi connectivity index (χ4n) is 2.42. The number of anilines is 1. The molecule has 0 radical (unpaired) electrons. The van der Waals surface area contributed by atoms with Crippen LogP contribution >= 0.6 is 23.2 Å². The number of aryl methyl sites for hydroxylation is 1. The van der Waals surface area contributed by atoms with E-state index in [1.165, 1.54) is 30.7 Å². The van der Waals surface area contributed by atoms with Crippen LogP contribution in [0.5, 0.6) is 0 Å². The van der Waals surface area contributed by atoms with Gasteiger partial charge in [0.15, 0.2) is 0 Å². The first-order valence-corrected chi connectivity index (χ1v) is 10.8. The predicted octanol–water partition coefficient (Wildman–Crippen LogP) is 4.64. The highest BCUT2D eigenvalue weighted by Crippen LogP contribution is 2.25. The third-order valence-electron chi connectivity index (χ3n) is 3.95. The van der Waals surface area contributed by atoms with Gasteiger partial charge < -0.3 is 5.32 Å². The van der Waals surface area contributed by atoms with Crippen LogP contribution in [0.25, 0.3) is 0 Å². The van der Waals surface area contributed by atoms with Crippen molar-refractivity contribution in [2.45, 2.75) is 44.0 Å². The molecule has 0 heterocycles. The molecule has 1 amide bonds. The standard InChI is InChI=1S/C19H22Cl2N2O3S/c1-3-4-5-14-6-9-16(10-7-14)22-19(24)13(2)23-27(25,26)18-12-15(20)8-11-17(18)21/h6-13,23H,3-5H2,1-2H3,(H,22,24). The zero-order chi connectivity index (χ0) is 20.0. The number of halogens is 2. The average molecular weight is 429 g/mol.